The van der Waals surface area contributed by atoms with Crippen LogP contribution in [0.4, 0.5) is 4.39 Å². The lowest BCUT2D eigenvalue weighted by molar-refractivity contribution is 0.0953. The first-order chi connectivity index (χ1) is 9.65. The van der Waals surface area contributed by atoms with Crippen molar-refractivity contribution in [1.82, 2.24) is 10.3 Å². The monoisotopic (exact) mass is 279 g/mol. The number of hydrazine groups is 1. The summed E-state index contributed by atoms with van der Waals surface area (Å²) in [6.45, 7) is 3.71. The number of amides is 1. The molecule has 0 bridgehead atoms. The van der Waals surface area contributed by atoms with E-state index in [-0.39, 0.29) is 5.82 Å². The summed E-state index contributed by atoms with van der Waals surface area (Å²) in [5, 5.41) is 0. The van der Waals surface area contributed by atoms with E-state index in [1.54, 1.807) is 6.07 Å². The van der Waals surface area contributed by atoms with Crippen LogP contribution in [0.25, 0.3) is 0 Å². The van der Waals surface area contributed by atoms with Crippen molar-refractivity contribution in [3.05, 3.63) is 35.1 Å². The summed E-state index contributed by atoms with van der Waals surface area (Å²) in [4.78, 5) is 13.8. The van der Waals surface area contributed by atoms with Gasteiger partial charge in [0.15, 0.2) is 0 Å². The standard InChI is InChI=1S/C15H22FN3O/c1-2-13-5-3-4-8-19(13)10-12-9-11(15(20)18-17)6-7-14(12)16/h6-7,9,13H,2-5,8,10,17H2,1H3,(H,18,20). The number of nitrogens with two attached hydrogens (primary N) is 1. The quantitative estimate of drug-likeness (QED) is 0.504. The number of rotatable bonds is 4. The number of nitrogens with one attached hydrogen (secondary N) is 1. The lowest BCUT2D eigenvalue weighted by Gasteiger charge is -2.35. The summed E-state index contributed by atoms with van der Waals surface area (Å²) >= 11 is 0. The van der Waals surface area contributed by atoms with Crippen LogP contribution in [0.1, 0.15) is 48.5 Å². The largest absolute Gasteiger partial charge is 0.296 e. The number of hydrogen-bond donors (Lipinski definition) is 2. The van der Waals surface area contributed by atoms with E-state index >= 15 is 0 Å². The second-order valence-corrected chi connectivity index (χ2v) is 5.31. The van der Waals surface area contributed by atoms with Gasteiger partial charge >= 0.3 is 0 Å². The predicted octanol–water partition coefficient (Wildman–Crippen LogP) is 2.19. The van der Waals surface area contributed by atoms with Crippen LogP contribution in [-0.4, -0.2) is 23.4 Å². The van der Waals surface area contributed by atoms with Gasteiger partial charge in [0, 0.05) is 23.7 Å². The van der Waals surface area contributed by atoms with Crippen LogP contribution in [0.15, 0.2) is 18.2 Å². The van der Waals surface area contributed by atoms with Crippen LogP contribution < -0.4 is 11.3 Å². The molecule has 1 aromatic rings. The zero-order chi connectivity index (χ0) is 14.5. The van der Waals surface area contributed by atoms with Gasteiger partial charge in [-0.15, -0.1) is 0 Å². The zero-order valence-electron chi connectivity index (χ0n) is 11.9. The van der Waals surface area contributed by atoms with Crippen molar-refractivity contribution in [1.29, 1.82) is 0 Å². The number of benzene rings is 1. The molecule has 1 atom stereocenters. The smallest absolute Gasteiger partial charge is 0.265 e. The minimum absolute atomic E-state index is 0.265. The van der Waals surface area contributed by atoms with Crippen LogP contribution in [-0.2, 0) is 6.54 Å². The van der Waals surface area contributed by atoms with E-state index in [1.807, 2.05) is 0 Å². The Labute approximate surface area is 119 Å². The molecule has 0 aliphatic carbocycles. The maximum Gasteiger partial charge on any atom is 0.265 e. The maximum atomic E-state index is 13.9. The fraction of sp³-hybridized carbons (Fsp3) is 0.533. The normalized spacial score (nSPS) is 19.9. The molecule has 20 heavy (non-hydrogen) atoms. The SMILES string of the molecule is CCC1CCCCN1Cc1cc(C(=O)NN)ccc1F. The third kappa shape index (κ3) is 3.35. The van der Waals surface area contributed by atoms with E-state index in [4.69, 9.17) is 5.84 Å². The van der Waals surface area contributed by atoms with E-state index in [0.717, 1.165) is 19.4 Å². The highest BCUT2D eigenvalue weighted by molar-refractivity contribution is 5.93. The Hall–Kier alpha value is -1.46. The molecule has 0 radical (unpaired) electrons. The molecule has 1 unspecified atom stereocenters. The van der Waals surface area contributed by atoms with Crippen molar-refractivity contribution < 1.29 is 9.18 Å². The van der Waals surface area contributed by atoms with E-state index in [0.29, 0.717) is 23.7 Å². The highest BCUT2D eigenvalue weighted by atomic mass is 19.1. The Kier molecular flexibility index (Phi) is 5.09. The Morgan fingerprint density at radius 1 is 1.50 bits per heavy atom. The van der Waals surface area contributed by atoms with E-state index < -0.39 is 5.91 Å². The van der Waals surface area contributed by atoms with E-state index in [9.17, 15) is 9.18 Å². The predicted molar refractivity (Wildman–Crippen MR) is 76.4 cm³/mol. The van der Waals surface area contributed by atoms with Crippen molar-refractivity contribution in [2.24, 2.45) is 5.84 Å². The third-order valence-corrected chi connectivity index (χ3v) is 4.03. The molecule has 1 aliphatic heterocycles. The first kappa shape index (κ1) is 14.9. The molecule has 1 saturated heterocycles. The lowest BCUT2D eigenvalue weighted by Crippen LogP contribution is -2.38. The van der Waals surface area contributed by atoms with Gasteiger partial charge in [-0.25, -0.2) is 10.2 Å². The van der Waals surface area contributed by atoms with Crippen molar-refractivity contribution in [2.45, 2.75) is 45.2 Å². The Morgan fingerprint density at radius 3 is 3.00 bits per heavy atom. The number of carbonyl (C=O) groups excluding carboxylic acids is 1. The number of carbonyl (C=O) groups is 1. The Bertz CT molecular complexity index is 478. The van der Waals surface area contributed by atoms with Crippen molar-refractivity contribution >= 4 is 5.91 Å². The molecule has 3 N–H and O–H groups in total. The van der Waals surface area contributed by atoms with Gasteiger partial charge in [-0.2, -0.15) is 0 Å². The Morgan fingerprint density at radius 2 is 2.30 bits per heavy atom. The molecule has 2 rings (SSSR count). The molecule has 1 heterocycles. The topological polar surface area (TPSA) is 58.4 Å². The number of nitrogen functional groups attached to an aromatic ring is 1. The number of piperidine rings is 1. The summed E-state index contributed by atoms with van der Waals surface area (Å²) in [6.07, 6.45) is 4.64. The van der Waals surface area contributed by atoms with Crippen LogP contribution >= 0.6 is 0 Å². The average Bonchev–Trinajstić information content (AvgIpc) is 2.49. The van der Waals surface area contributed by atoms with E-state index in [2.05, 4.69) is 17.2 Å². The first-order valence-electron chi connectivity index (χ1n) is 7.19. The second-order valence-electron chi connectivity index (χ2n) is 5.31. The third-order valence-electron chi connectivity index (χ3n) is 4.03. The maximum absolute atomic E-state index is 13.9. The summed E-state index contributed by atoms with van der Waals surface area (Å²) in [6, 6.07) is 4.90. The molecule has 0 spiro atoms. The summed E-state index contributed by atoms with van der Waals surface area (Å²) in [7, 11) is 0. The van der Waals surface area contributed by atoms with Gasteiger partial charge in [-0.3, -0.25) is 15.1 Å². The molecule has 4 nitrogen and oxygen atoms in total. The molecule has 1 fully saturated rings. The summed E-state index contributed by atoms with van der Waals surface area (Å²) < 4.78 is 13.9. The van der Waals surface area contributed by atoms with Gasteiger partial charge in [0.1, 0.15) is 5.82 Å². The second kappa shape index (κ2) is 6.81. The summed E-state index contributed by atoms with van der Waals surface area (Å²) in [5.41, 5.74) is 3.04. The molecule has 5 heteroatoms. The van der Waals surface area contributed by atoms with E-state index in [1.165, 1.54) is 25.0 Å². The number of halogens is 1. The fourth-order valence-corrected chi connectivity index (χ4v) is 2.87. The first-order valence-corrected chi connectivity index (χ1v) is 7.19. The molecular weight excluding hydrogens is 257 g/mol. The van der Waals surface area contributed by atoms with Crippen LogP contribution in [0.2, 0.25) is 0 Å². The molecule has 1 amide bonds. The average molecular weight is 279 g/mol. The highest BCUT2D eigenvalue weighted by Crippen LogP contribution is 2.23. The van der Waals surface area contributed by atoms with Crippen molar-refractivity contribution in [3.8, 4) is 0 Å². The minimum atomic E-state index is -0.392. The molecule has 1 aromatic carbocycles. The lowest BCUT2D eigenvalue weighted by atomic mass is 9.98. The number of nitrogens with zero attached hydrogens (tertiary/aromatic N) is 1. The highest BCUT2D eigenvalue weighted by Gasteiger charge is 2.22. The van der Waals surface area contributed by atoms with Crippen molar-refractivity contribution in [2.75, 3.05) is 6.54 Å². The molecule has 1 aliphatic rings. The van der Waals surface area contributed by atoms with Gasteiger partial charge in [-0.05, 0) is 44.0 Å². The summed E-state index contributed by atoms with van der Waals surface area (Å²) in [5.74, 6) is 4.46. The number of likely N-dealkylation sites (tertiary alicyclic amines) is 1. The fourth-order valence-electron chi connectivity index (χ4n) is 2.87. The van der Waals surface area contributed by atoms with Gasteiger partial charge in [0.05, 0.1) is 0 Å². The van der Waals surface area contributed by atoms with Crippen molar-refractivity contribution in [3.63, 3.8) is 0 Å². The molecule has 110 valence electrons. The molecular formula is C15H22FN3O. The molecule has 0 saturated carbocycles. The van der Waals surface area contributed by atoms with Crippen LogP contribution in [0.5, 0.6) is 0 Å². The van der Waals surface area contributed by atoms with Gasteiger partial charge in [-0.1, -0.05) is 13.3 Å². The Balaban J connectivity index is 2.17. The zero-order valence-corrected chi connectivity index (χ0v) is 11.9. The van der Waals surface area contributed by atoms with Gasteiger partial charge in [0.25, 0.3) is 5.91 Å². The minimum Gasteiger partial charge on any atom is -0.296 e. The molecule has 0 aromatic heterocycles. The number of hydrogen-bond acceptors (Lipinski definition) is 3. The van der Waals surface area contributed by atoms with Gasteiger partial charge < -0.3 is 0 Å². The van der Waals surface area contributed by atoms with Gasteiger partial charge in [0.2, 0.25) is 0 Å². The van der Waals surface area contributed by atoms with Crippen LogP contribution in [0.3, 0.4) is 0 Å². The van der Waals surface area contributed by atoms with Crippen LogP contribution in [0, 0.1) is 5.82 Å².